The maximum Gasteiger partial charge on any atom is 0.100 e. The Balaban J connectivity index is 0.00000129. The largest absolute Gasteiger partial charge is 0.268 e. The van der Waals surface area contributed by atoms with Crippen molar-refractivity contribution < 1.29 is 0 Å². The zero-order chi connectivity index (χ0) is 25.1. The van der Waals surface area contributed by atoms with Crippen LogP contribution in [0.2, 0.25) is 0 Å². The van der Waals surface area contributed by atoms with Gasteiger partial charge in [0.25, 0.3) is 0 Å². The molecule has 0 N–H and O–H groups in total. The van der Waals surface area contributed by atoms with Crippen molar-refractivity contribution in [3.05, 3.63) is 64.3 Å². The molecule has 178 valence electrons. The van der Waals surface area contributed by atoms with Crippen molar-refractivity contribution in [1.82, 2.24) is 9.78 Å². The van der Waals surface area contributed by atoms with E-state index >= 15 is 0 Å². The van der Waals surface area contributed by atoms with E-state index in [1.54, 1.807) is 0 Å². The molecule has 0 fully saturated rings. The zero-order valence-electron chi connectivity index (χ0n) is 22.9. The third-order valence-electron chi connectivity index (χ3n) is 5.51. The summed E-state index contributed by atoms with van der Waals surface area (Å²) in [6.45, 7) is 24.1. The predicted octanol–water partition coefficient (Wildman–Crippen LogP) is 8.78. The molecule has 0 bridgehead atoms. The molecular formula is C31H44N2. The van der Waals surface area contributed by atoms with Crippen molar-refractivity contribution in [1.29, 1.82) is 0 Å². The second-order valence-corrected chi connectivity index (χ2v) is 8.28. The van der Waals surface area contributed by atoms with Gasteiger partial charge in [0.15, 0.2) is 0 Å². The first-order valence-corrected chi connectivity index (χ1v) is 12.6. The highest BCUT2D eigenvalue weighted by Gasteiger charge is 2.20. The zero-order valence-corrected chi connectivity index (χ0v) is 22.9. The summed E-state index contributed by atoms with van der Waals surface area (Å²) in [4.78, 5) is 0. The van der Waals surface area contributed by atoms with Crippen LogP contribution in [0.4, 0.5) is 0 Å². The Bertz CT molecular complexity index is 1070. The third kappa shape index (κ3) is 6.84. The van der Waals surface area contributed by atoms with Crippen LogP contribution in [-0.4, -0.2) is 9.78 Å². The molecule has 2 nitrogen and oxygen atoms in total. The highest BCUT2D eigenvalue weighted by atomic mass is 15.3. The van der Waals surface area contributed by atoms with Gasteiger partial charge < -0.3 is 0 Å². The Kier molecular flexibility index (Phi) is 11.7. The SMILES string of the molecule is CC.CC.CC#Cc1ccc(-c2nn(CC(C)C)c(C)c2-c2cc(C)c(CC)cc2C)cc1. The van der Waals surface area contributed by atoms with Crippen molar-refractivity contribution in [2.75, 3.05) is 0 Å². The molecule has 0 aliphatic carbocycles. The van der Waals surface area contributed by atoms with Gasteiger partial charge in [-0.25, -0.2) is 0 Å². The van der Waals surface area contributed by atoms with E-state index in [0.717, 1.165) is 29.8 Å². The second-order valence-electron chi connectivity index (χ2n) is 8.28. The fourth-order valence-electron chi connectivity index (χ4n) is 3.98. The van der Waals surface area contributed by atoms with Gasteiger partial charge in [-0.15, -0.1) is 5.92 Å². The molecule has 0 radical (unpaired) electrons. The van der Waals surface area contributed by atoms with E-state index in [1.165, 1.54) is 33.5 Å². The Morgan fingerprint density at radius 3 is 2.03 bits per heavy atom. The lowest BCUT2D eigenvalue weighted by Crippen LogP contribution is -2.07. The van der Waals surface area contributed by atoms with E-state index in [-0.39, 0.29) is 0 Å². The maximum atomic E-state index is 5.07. The van der Waals surface area contributed by atoms with Crippen LogP contribution in [0.3, 0.4) is 0 Å². The van der Waals surface area contributed by atoms with Gasteiger partial charge in [0.2, 0.25) is 0 Å². The monoisotopic (exact) mass is 444 g/mol. The molecule has 0 aliphatic heterocycles. The summed E-state index contributed by atoms with van der Waals surface area (Å²) < 4.78 is 2.18. The highest BCUT2D eigenvalue weighted by Crippen LogP contribution is 2.37. The summed E-state index contributed by atoms with van der Waals surface area (Å²) in [7, 11) is 0. The number of hydrogen-bond acceptors (Lipinski definition) is 1. The van der Waals surface area contributed by atoms with Crippen LogP contribution in [0.1, 0.15) is 83.3 Å². The topological polar surface area (TPSA) is 17.8 Å². The van der Waals surface area contributed by atoms with Crippen LogP contribution in [0.5, 0.6) is 0 Å². The molecule has 0 amide bonds. The molecule has 3 aromatic rings. The molecule has 2 aromatic carbocycles. The minimum atomic E-state index is 0.543. The molecular weight excluding hydrogens is 400 g/mol. The minimum absolute atomic E-state index is 0.543. The molecule has 0 saturated carbocycles. The molecule has 0 saturated heterocycles. The van der Waals surface area contributed by atoms with Crippen LogP contribution in [0.25, 0.3) is 22.4 Å². The van der Waals surface area contributed by atoms with Gasteiger partial charge in [-0.1, -0.05) is 78.7 Å². The first-order valence-electron chi connectivity index (χ1n) is 12.6. The summed E-state index contributed by atoms with van der Waals surface area (Å²) in [5, 5.41) is 5.07. The van der Waals surface area contributed by atoms with Gasteiger partial charge in [0.1, 0.15) is 5.69 Å². The van der Waals surface area contributed by atoms with Crippen molar-refractivity contribution in [2.24, 2.45) is 5.92 Å². The van der Waals surface area contributed by atoms with Gasteiger partial charge in [-0.3, -0.25) is 4.68 Å². The van der Waals surface area contributed by atoms with Gasteiger partial charge in [-0.2, -0.15) is 5.10 Å². The number of benzene rings is 2. The molecule has 33 heavy (non-hydrogen) atoms. The summed E-state index contributed by atoms with van der Waals surface area (Å²) in [6.07, 6.45) is 1.06. The van der Waals surface area contributed by atoms with E-state index in [2.05, 4.69) is 94.5 Å². The van der Waals surface area contributed by atoms with E-state index in [9.17, 15) is 0 Å². The van der Waals surface area contributed by atoms with Crippen molar-refractivity contribution in [3.63, 3.8) is 0 Å². The Hall–Kier alpha value is -2.79. The number of aryl methyl sites for hydroxylation is 3. The first-order chi connectivity index (χ1) is 15.8. The van der Waals surface area contributed by atoms with E-state index in [1.807, 2.05) is 34.6 Å². The van der Waals surface area contributed by atoms with Crippen molar-refractivity contribution in [2.45, 2.75) is 89.1 Å². The average Bonchev–Trinajstić information content (AvgIpc) is 3.13. The average molecular weight is 445 g/mol. The van der Waals surface area contributed by atoms with E-state index in [0.29, 0.717) is 5.92 Å². The quantitative estimate of drug-likeness (QED) is 0.359. The Morgan fingerprint density at radius 1 is 0.909 bits per heavy atom. The van der Waals surface area contributed by atoms with E-state index in [4.69, 9.17) is 5.10 Å². The molecule has 0 aliphatic rings. The van der Waals surface area contributed by atoms with Crippen molar-refractivity contribution >= 4 is 0 Å². The van der Waals surface area contributed by atoms with Gasteiger partial charge in [0, 0.05) is 28.9 Å². The fourth-order valence-corrected chi connectivity index (χ4v) is 3.98. The van der Waals surface area contributed by atoms with Crippen LogP contribution < -0.4 is 0 Å². The van der Waals surface area contributed by atoms with E-state index < -0.39 is 0 Å². The fraction of sp³-hybridized carbons (Fsp3) is 0.452. The summed E-state index contributed by atoms with van der Waals surface area (Å²) in [6, 6.07) is 13.2. The summed E-state index contributed by atoms with van der Waals surface area (Å²) >= 11 is 0. The molecule has 1 aromatic heterocycles. The normalized spacial score (nSPS) is 9.94. The number of hydrogen-bond donors (Lipinski definition) is 0. The maximum absolute atomic E-state index is 5.07. The van der Waals surface area contributed by atoms with Gasteiger partial charge >= 0.3 is 0 Å². The molecule has 0 atom stereocenters. The number of aromatic nitrogens is 2. The Labute approximate surface area is 203 Å². The lowest BCUT2D eigenvalue weighted by atomic mass is 9.91. The number of rotatable bonds is 5. The molecule has 2 heteroatoms. The number of nitrogens with zero attached hydrogens (tertiary/aromatic N) is 2. The molecule has 0 unspecified atom stereocenters. The lowest BCUT2D eigenvalue weighted by Gasteiger charge is -2.13. The van der Waals surface area contributed by atoms with Crippen LogP contribution >= 0.6 is 0 Å². The smallest absolute Gasteiger partial charge is 0.100 e. The predicted molar refractivity (Wildman–Crippen MR) is 147 cm³/mol. The standard InChI is InChI=1S/C27H32N2.2C2H6/c1-8-10-22-11-13-24(14-12-22)27-26(21(7)29(28-27)17-18(3)4)25-16-19(5)23(9-2)15-20(25)6;2*1-2/h11-16,18H,9,17H2,1-7H3;2*1-2H3. The first kappa shape index (κ1) is 28.2. The Morgan fingerprint density at radius 2 is 1.52 bits per heavy atom. The molecule has 3 rings (SSSR count). The lowest BCUT2D eigenvalue weighted by molar-refractivity contribution is 0.476. The summed E-state index contributed by atoms with van der Waals surface area (Å²) in [5.74, 6) is 6.64. The summed E-state index contributed by atoms with van der Waals surface area (Å²) in [5.41, 5.74) is 11.1. The molecule has 1 heterocycles. The third-order valence-corrected chi connectivity index (χ3v) is 5.51. The van der Waals surface area contributed by atoms with Gasteiger partial charge in [-0.05, 0) is 74.4 Å². The molecule has 0 spiro atoms. The van der Waals surface area contributed by atoms with Crippen LogP contribution in [-0.2, 0) is 13.0 Å². The van der Waals surface area contributed by atoms with Crippen LogP contribution in [0.15, 0.2) is 36.4 Å². The van der Waals surface area contributed by atoms with Gasteiger partial charge in [0.05, 0.1) is 0 Å². The highest BCUT2D eigenvalue weighted by molar-refractivity contribution is 5.85. The second kappa shape index (κ2) is 13.7. The minimum Gasteiger partial charge on any atom is -0.268 e. The van der Waals surface area contributed by atoms with Crippen molar-refractivity contribution in [3.8, 4) is 34.2 Å². The van der Waals surface area contributed by atoms with Crippen LogP contribution in [0, 0.1) is 38.5 Å².